The maximum atomic E-state index is 10.9. The molecule has 0 aliphatic rings. The molecule has 13 heavy (non-hydrogen) atoms. The van der Waals surface area contributed by atoms with E-state index in [0.717, 1.165) is 12.1 Å². The molecule has 0 amide bonds. The van der Waals surface area contributed by atoms with Crippen molar-refractivity contribution >= 4 is 16.8 Å². The largest absolute Gasteiger partial charge is 0.274 e. The first-order chi connectivity index (χ1) is 6.00. The summed E-state index contributed by atoms with van der Waals surface area (Å²) in [6.45, 7) is 4.22. The lowest BCUT2D eigenvalue weighted by molar-refractivity contribution is 0.107. The van der Waals surface area contributed by atoms with Crippen molar-refractivity contribution in [3.05, 3.63) is 17.5 Å². The number of hydrogen-bond donors (Lipinski definition) is 0. The number of aromatic nitrogens is 2. The minimum atomic E-state index is -0.454. The highest BCUT2D eigenvalue weighted by Gasteiger charge is 2.11. The first-order valence-electron chi connectivity index (χ1n) is 4.23. The van der Waals surface area contributed by atoms with Crippen LogP contribution in [0.4, 0.5) is 0 Å². The molecule has 0 aromatic carbocycles. The van der Waals surface area contributed by atoms with Crippen molar-refractivity contribution in [2.45, 2.75) is 20.3 Å². The van der Waals surface area contributed by atoms with Crippen molar-refractivity contribution in [1.82, 2.24) is 9.78 Å². The van der Waals surface area contributed by atoms with Gasteiger partial charge in [0.1, 0.15) is 5.69 Å². The van der Waals surface area contributed by atoms with E-state index in [0.29, 0.717) is 11.6 Å². The van der Waals surface area contributed by atoms with Gasteiger partial charge in [-0.15, -0.1) is 0 Å². The van der Waals surface area contributed by atoms with Gasteiger partial charge in [0.05, 0.1) is 5.69 Å². The fraction of sp³-hybridized carbons (Fsp3) is 0.556. The predicted octanol–water partition coefficient (Wildman–Crippen LogP) is 2.00. The third kappa shape index (κ3) is 2.56. The molecule has 0 unspecified atom stereocenters. The van der Waals surface area contributed by atoms with Gasteiger partial charge >= 0.3 is 0 Å². The molecule has 0 N–H and O–H groups in total. The van der Waals surface area contributed by atoms with Crippen LogP contribution in [0.15, 0.2) is 6.07 Å². The second-order valence-corrected chi connectivity index (χ2v) is 3.86. The first-order valence-corrected chi connectivity index (χ1v) is 4.61. The summed E-state index contributed by atoms with van der Waals surface area (Å²) in [5.74, 6) is 0.535. The highest BCUT2D eigenvalue weighted by molar-refractivity contribution is 6.67. The SMILES string of the molecule is CC(C)Cc1cc(C(=O)Cl)n(C)n1. The summed E-state index contributed by atoms with van der Waals surface area (Å²) >= 11 is 5.36. The van der Waals surface area contributed by atoms with E-state index in [1.165, 1.54) is 4.68 Å². The normalized spacial score (nSPS) is 10.8. The van der Waals surface area contributed by atoms with Crippen LogP contribution in [0.1, 0.15) is 30.0 Å². The standard InChI is InChI=1S/C9H13ClN2O/c1-6(2)4-7-5-8(9(10)13)12(3)11-7/h5-6H,4H2,1-3H3. The maximum Gasteiger partial charge on any atom is 0.270 e. The average molecular weight is 201 g/mol. The number of carbonyl (C=O) groups excluding carboxylic acids is 1. The molecular weight excluding hydrogens is 188 g/mol. The van der Waals surface area contributed by atoms with Crippen molar-refractivity contribution in [3.63, 3.8) is 0 Å². The monoisotopic (exact) mass is 200 g/mol. The van der Waals surface area contributed by atoms with Crippen LogP contribution in [0.5, 0.6) is 0 Å². The molecule has 1 aromatic heterocycles. The van der Waals surface area contributed by atoms with E-state index in [1.54, 1.807) is 13.1 Å². The van der Waals surface area contributed by atoms with Crippen LogP contribution in [0.25, 0.3) is 0 Å². The average Bonchev–Trinajstić information content (AvgIpc) is 2.29. The molecule has 72 valence electrons. The van der Waals surface area contributed by atoms with Gasteiger partial charge < -0.3 is 0 Å². The molecule has 3 nitrogen and oxygen atoms in total. The molecule has 0 saturated carbocycles. The molecular formula is C9H13ClN2O. The van der Waals surface area contributed by atoms with Crippen LogP contribution >= 0.6 is 11.6 Å². The summed E-state index contributed by atoms with van der Waals surface area (Å²) in [5, 5.41) is 3.73. The number of rotatable bonds is 3. The molecule has 4 heteroatoms. The van der Waals surface area contributed by atoms with Crippen molar-refractivity contribution in [3.8, 4) is 0 Å². The lowest BCUT2D eigenvalue weighted by atomic mass is 10.1. The predicted molar refractivity (Wildman–Crippen MR) is 51.9 cm³/mol. The molecule has 0 saturated heterocycles. The lowest BCUT2D eigenvalue weighted by Gasteiger charge is -1.98. The Hall–Kier alpha value is -0.830. The summed E-state index contributed by atoms with van der Waals surface area (Å²) in [4.78, 5) is 10.9. The molecule has 0 aliphatic carbocycles. The topological polar surface area (TPSA) is 34.9 Å². The summed E-state index contributed by atoms with van der Waals surface area (Å²) < 4.78 is 1.52. The van der Waals surface area contributed by atoms with Gasteiger partial charge in [0, 0.05) is 7.05 Å². The van der Waals surface area contributed by atoms with E-state index in [1.807, 2.05) is 0 Å². The Labute approximate surface area is 82.7 Å². The second-order valence-electron chi connectivity index (χ2n) is 3.52. The lowest BCUT2D eigenvalue weighted by Crippen LogP contribution is -2.01. The smallest absolute Gasteiger partial charge is 0.270 e. The van der Waals surface area contributed by atoms with Crippen LogP contribution in [0.2, 0.25) is 0 Å². The molecule has 0 spiro atoms. The number of nitrogens with zero attached hydrogens (tertiary/aromatic N) is 2. The molecule has 1 aromatic rings. The third-order valence-corrected chi connectivity index (χ3v) is 1.94. The maximum absolute atomic E-state index is 10.9. The number of halogens is 1. The van der Waals surface area contributed by atoms with Gasteiger partial charge in [-0.3, -0.25) is 9.48 Å². The Kier molecular flexibility index (Phi) is 3.09. The zero-order valence-corrected chi connectivity index (χ0v) is 8.80. The number of carbonyl (C=O) groups is 1. The van der Waals surface area contributed by atoms with E-state index in [2.05, 4.69) is 18.9 Å². The molecule has 0 fully saturated rings. The van der Waals surface area contributed by atoms with Crippen molar-refractivity contribution in [2.75, 3.05) is 0 Å². The van der Waals surface area contributed by atoms with Gasteiger partial charge in [0.15, 0.2) is 0 Å². The van der Waals surface area contributed by atoms with Crippen LogP contribution in [-0.4, -0.2) is 15.0 Å². The van der Waals surface area contributed by atoms with Gasteiger partial charge in [0.2, 0.25) is 0 Å². The molecule has 1 heterocycles. The minimum Gasteiger partial charge on any atom is -0.274 e. The molecule has 1 rings (SSSR count). The van der Waals surface area contributed by atoms with E-state index < -0.39 is 5.24 Å². The summed E-state index contributed by atoms with van der Waals surface area (Å²) in [6, 6.07) is 1.75. The minimum absolute atomic E-state index is 0.454. The summed E-state index contributed by atoms with van der Waals surface area (Å²) in [6.07, 6.45) is 0.873. The molecule has 0 aliphatic heterocycles. The summed E-state index contributed by atoms with van der Waals surface area (Å²) in [5.41, 5.74) is 1.37. The van der Waals surface area contributed by atoms with E-state index in [9.17, 15) is 4.79 Å². The Balaban J connectivity index is 2.89. The second kappa shape index (κ2) is 3.92. The molecule has 0 radical (unpaired) electrons. The van der Waals surface area contributed by atoms with Crippen LogP contribution < -0.4 is 0 Å². The Morgan fingerprint density at radius 1 is 1.69 bits per heavy atom. The quantitative estimate of drug-likeness (QED) is 0.700. The van der Waals surface area contributed by atoms with Gasteiger partial charge in [0.25, 0.3) is 5.24 Å². The van der Waals surface area contributed by atoms with Gasteiger partial charge in [-0.1, -0.05) is 13.8 Å². The zero-order chi connectivity index (χ0) is 10.0. The number of aryl methyl sites for hydroxylation is 1. The Morgan fingerprint density at radius 3 is 2.69 bits per heavy atom. The van der Waals surface area contributed by atoms with Crippen molar-refractivity contribution < 1.29 is 4.79 Å². The number of hydrogen-bond acceptors (Lipinski definition) is 2. The first kappa shape index (κ1) is 10.3. The third-order valence-electron chi connectivity index (χ3n) is 1.75. The van der Waals surface area contributed by atoms with Crippen molar-refractivity contribution in [2.24, 2.45) is 13.0 Å². The van der Waals surface area contributed by atoms with Crippen LogP contribution in [-0.2, 0) is 13.5 Å². The Bertz CT molecular complexity index is 317. The van der Waals surface area contributed by atoms with Crippen LogP contribution in [0, 0.1) is 5.92 Å². The van der Waals surface area contributed by atoms with Gasteiger partial charge in [-0.25, -0.2) is 0 Å². The van der Waals surface area contributed by atoms with E-state index >= 15 is 0 Å². The molecule has 0 bridgehead atoms. The van der Waals surface area contributed by atoms with E-state index in [-0.39, 0.29) is 0 Å². The highest BCUT2D eigenvalue weighted by atomic mass is 35.5. The fourth-order valence-corrected chi connectivity index (χ4v) is 1.41. The summed E-state index contributed by atoms with van der Waals surface area (Å²) in [7, 11) is 1.72. The van der Waals surface area contributed by atoms with Gasteiger partial charge in [-0.2, -0.15) is 5.10 Å². The fourth-order valence-electron chi connectivity index (χ4n) is 1.23. The Morgan fingerprint density at radius 2 is 2.31 bits per heavy atom. The highest BCUT2D eigenvalue weighted by Crippen LogP contribution is 2.10. The van der Waals surface area contributed by atoms with Crippen molar-refractivity contribution in [1.29, 1.82) is 0 Å². The van der Waals surface area contributed by atoms with Gasteiger partial charge in [-0.05, 0) is 30.0 Å². The van der Waals surface area contributed by atoms with Crippen LogP contribution in [0.3, 0.4) is 0 Å². The van der Waals surface area contributed by atoms with E-state index in [4.69, 9.17) is 11.6 Å². The molecule has 0 atom stereocenters. The zero-order valence-electron chi connectivity index (χ0n) is 8.04.